The molecule has 1 saturated heterocycles. The fourth-order valence-electron chi connectivity index (χ4n) is 2.70. The van der Waals surface area contributed by atoms with Gasteiger partial charge < -0.3 is 4.90 Å². The van der Waals surface area contributed by atoms with Crippen molar-refractivity contribution < 1.29 is 0 Å². The highest BCUT2D eigenvalue weighted by Crippen LogP contribution is 2.19. The predicted octanol–water partition coefficient (Wildman–Crippen LogP) is 2.53. The van der Waals surface area contributed by atoms with Crippen LogP contribution in [0.3, 0.4) is 0 Å². The van der Waals surface area contributed by atoms with Gasteiger partial charge >= 0.3 is 0 Å². The molecule has 1 aliphatic heterocycles. The second kappa shape index (κ2) is 7.68. The minimum Gasteiger partial charge on any atom is -0.300 e. The highest BCUT2D eigenvalue weighted by molar-refractivity contribution is 4.91. The van der Waals surface area contributed by atoms with Crippen molar-refractivity contribution in [3.63, 3.8) is 0 Å². The minimum absolute atomic E-state index is 0.00873. The molecular weight excluding hydrogens is 210 g/mol. The molecule has 1 aliphatic rings. The molecule has 0 bridgehead atoms. The van der Waals surface area contributed by atoms with Gasteiger partial charge in [0.25, 0.3) is 0 Å². The van der Waals surface area contributed by atoms with Gasteiger partial charge in [0.1, 0.15) is 0 Å². The number of likely N-dealkylation sites (tertiary alicyclic amines) is 1. The van der Waals surface area contributed by atoms with E-state index in [9.17, 15) is 0 Å². The highest BCUT2D eigenvalue weighted by atomic mass is 15.2. The Morgan fingerprint density at radius 2 is 2.18 bits per heavy atom. The second-order valence-electron chi connectivity index (χ2n) is 5.39. The topological polar surface area (TPSA) is 39.1 Å². The number of hydrogen-bond donors (Lipinski definition) is 1. The van der Waals surface area contributed by atoms with E-state index in [1.54, 1.807) is 0 Å². The van der Waals surface area contributed by atoms with Crippen LogP contribution >= 0.6 is 0 Å². The Balaban J connectivity index is 2.34. The van der Waals surface area contributed by atoms with E-state index in [2.05, 4.69) is 37.1 Å². The third-order valence-corrected chi connectivity index (χ3v) is 3.62. The molecule has 1 heterocycles. The maximum Gasteiger partial charge on any atom is 0.0967 e. The van der Waals surface area contributed by atoms with Crippen LogP contribution in [-0.2, 0) is 0 Å². The number of nitrogens with zero attached hydrogens (tertiary/aromatic N) is 2. The average molecular weight is 237 g/mol. The van der Waals surface area contributed by atoms with Gasteiger partial charge in [-0.3, -0.25) is 5.32 Å². The van der Waals surface area contributed by atoms with Crippen LogP contribution in [0, 0.1) is 11.3 Å². The van der Waals surface area contributed by atoms with Crippen molar-refractivity contribution in [2.24, 2.45) is 0 Å². The fourth-order valence-corrected chi connectivity index (χ4v) is 2.70. The maximum absolute atomic E-state index is 9.10. The lowest BCUT2D eigenvalue weighted by molar-refractivity contribution is 0.139. The van der Waals surface area contributed by atoms with E-state index in [0.717, 1.165) is 19.0 Å². The van der Waals surface area contributed by atoms with Gasteiger partial charge in [-0.05, 0) is 46.1 Å². The van der Waals surface area contributed by atoms with E-state index in [1.165, 1.54) is 32.2 Å². The molecule has 17 heavy (non-hydrogen) atoms. The molecule has 3 nitrogen and oxygen atoms in total. The molecule has 0 saturated carbocycles. The van der Waals surface area contributed by atoms with Gasteiger partial charge in [-0.1, -0.05) is 13.3 Å². The summed E-state index contributed by atoms with van der Waals surface area (Å²) in [5.74, 6) is 0. The molecule has 2 unspecified atom stereocenters. The summed E-state index contributed by atoms with van der Waals surface area (Å²) in [6, 6.07) is 3.52. The molecule has 0 aliphatic carbocycles. The Hall–Kier alpha value is -0.590. The third kappa shape index (κ3) is 5.06. The van der Waals surface area contributed by atoms with E-state index in [0.29, 0.717) is 6.04 Å². The molecule has 0 radical (unpaired) electrons. The summed E-state index contributed by atoms with van der Waals surface area (Å²) >= 11 is 0. The summed E-state index contributed by atoms with van der Waals surface area (Å²) in [5.41, 5.74) is 0. The molecule has 0 amide bonds. The van der Waals surface area contributed by atoms with Gasteiger partial charge in [-0.15, -0.1) is 0 Å². The van der Waals surface area contributed by atoms with E-state index in [4.69, 9.17) is 5.26 Å². The van der Waals surface area contributed by atoms with Crippen LogP contribution in [0.2, 0.25) is 0 Å². The molecule has 0 aromatic heterocycles. The number of piperidine rings is 1. The van der Waals surface area contributed by atoms with Crippen LogP contribution in [-0.4, -0.2) is 36.1 Å². The Bertz CT molecular complexity index is 244. The number of nitriles is 1. The molecule has 3 heteroatoms. The summed E-state index contributed by atoms with van der Waals surface area (Å²) in [6.45, 7) is 8.76. The number of nitrogens with one attached hydrogen (secondary N) is 1. The first-order valence-electron chi connectivity index (χ1n) is 7.07. The SMILES string of the molecule is CCC1CCCCN1CCC(C#N)NC(C)C. The van der Waals surface area contributed by atoms with E-state index in [1.807, 2.05) is 0 Å². The quantitative estimate of drug-likeness (QED) is 0.771. The summed E-state index contributed by atoms with van der Waals surface area (Å²) in [4.78, 5) is 2.58. The van der Waals surface area contributed by atoms with E-state index >= 15 is 0 Å². The van der Waals surface area contributed by atoms with Crippen LogP contribution in [0.5, 0.6) is 0 Å². The largest absolute Gasteiger partial charge is 0.300 e. The Morgan fingerprint density at radius 1 is 1.41 bits per heavy atom. The number of rotatable bonds is 6. The second-order valence-corrected chi connectivity index (χ2v) is 5.39. The van der Waals surface area contributed by atoms with Crippen LogP contribution in [0.15, 0.2) is 0 Å². The first-order chi connectivity index (χ1) is 8.17. The zero-order chi connectivity index (χ0) is 12.7. The van der Waals surface area contributed by atoms with E-state index < -0.39 is 0 Å². The lowest BCUT2D eigenvalue weighted by atomic mass is 9.99. The van der Waals surface area contributed by atoms with Crippen molar-refractivity contribution >= 4 is 0 Å². The normalized spacial score (nSPS) is 23.6. The predicted molar refractivity (Wildman–Crippen MR) is 71.8 cm³/mol. The lowest BCUT2D eigenvalue weighted by Gasteiger charge is -2.35. The van der Waals surface area contributed by atoms with Crippen molar-refractivity contribution in [1.82, 2.24) is 10.2 Å². The van der Waals surface area contributed by atoms with Gasteiger partial charge in [0.05, 0.1) is 12.1 Å². The molecule has 0 aromatic carbocycles. The van der Waals surface area contributed by atoms with E-state index in [-0.39, 0.29) is 6.04 Å². The fraction of sp³-hybridized carbons (Fsp3) is 0.929. The summed E-state index contributed by atoms with van der Waals surface area (Å²) in [7, 11) is 0. The van der Waals surface area contributed by atoms with Crippen LogP contribution < -0.4 is 5.32 Å². The van der Waals surface area contributed by atoms with Crippen molar-refractivity contribution in [3.05, 3.63) is 0 Å². The van der Waals surface area contributed by atoms with Crippen molar-refractivity contribution in [2.45, 2.75) is 71.0 Å². The molecule has 98 valence electrons. The van der Waals surface area contributed by atoms with Crippen molar-refractivity contribution in [2.75, 3.05) is 13.1 Å². The smallest absolute Gasteiger partial charge is 0.0967 e. The summed E-state index contributed by atoms with van der Waals surface area (Å²) < 4.78 is 0. The van der Waals surface area contributed by atoms with Crippen molar-refractivity contribution in [3.8, 4) is 6.07 Å². The minimum atomic E-state index is 0.00873. The molecule has 0 spiro atoms. The Kier molecular flexibility index (Phi) is 6.54. The van der Waals surface area contributed by atoms with Crippen LogP contribution in [0.1, 0.15) is 52.9 Å². The third-order valence-electron chi connectivity index (χ3n) is 3.62. The summed E-state index contributed by atoms with van der Waals surface area (Å²) in [6.07, 6.45) is 6.23. The molecule has 1 rings (SSSR count). The molecule has 1 fully saturated rings. The average Bonchev–Trinajstić information content (AvgIpc) is 2.34. The molecular formula is C14H27N3. The maximum atomic E-state index is 9.10. The van der Waals surface area contributed by atoms with Crippen molar-refractivity contribution in [1.29, 1.82) is 5.26 Å². The molecule has 1 N–H and O–H groups in total. The zero-order valence-corrected chi connectivity index (χ0v) is 11.6. The van der Waals surface area contributed by atoms with Gasteiger partial charge in [0.2, 0.25) is 0 Å². The van der Waals surface area contributed by atoms with Crippen LogP contribution in [0.25, 0.3) is 0 Å². The number of hydrogen-bond acceptors (Lipinski definition) is 3. The highest BCUT2D eigenvalue weighted by Gasteiger charge is 2.21. The monoisotopic (exact) mass is 237 g/mol. The molecule has 0 aromatic rings. The van der Waals surface area contributed by atoms with Gasteiger partial charge in [-0.25, -0.2) is 0 Å². The zero-order valence-electron chi connectivity index (χ0n) is 11.6. The Labute approximate surface area is 106 Å². The van der Waals surface area contributed by atoms with Gasteiger partial charge in [-0.2, -0.15) is 5.26 Å². The Morgan fingerprint density at radius 3 is 2.76 bits per heavy atom. The van der Waals surface area contributed by atoms with Gasteiger partial charge in [0, 0.05) is 18.6 Å². The lowest BCUT2D eigenvalue weighted by Crippen LogP contribution is -2.42. The summed E-state index contributed by atoms with van der Waals surface area (Å²) in [5, 5.41) is 12.4. The standard InChI is InChI=1S/C14H27N3/c1-4-14-7-5-6-9-17(14)10-8-13(11-15)16-12(2)3/h12-14,16H,4-10H2,1-3H3. The first kappa shape index (κ1) is 14.5. The van der Waals surface area contributed by atoms with Crippen LogP contribution in [0.4, 0.5) is 0 Å². The first-order valence-corrected chi connectivity index (χ1v) is 7.07. The van der Waals surface area contributed by atoms with Gasteiger partial charge in [0.15, 0.2) is 0 Å². The molecule has 2 atom stereocenters.